The van der Waals surface area contributed by atoms with Crippen LogP contribution in [0.4, 0.5) is 0 Å². The molecule has 1 aromatic heterocycles. The summed E-state index contributed by atoms with van der Waals surface area (Å²) in [7, 11) is 1.71. The predicted octanol–water partition coefficient (Wildman–Crippen LogP) is 3.50. The molecule has 0 bridgehead atoms. The van der Waals surface area contributed by atoms with Gasteiger partial charge in [-0.05, 0) is 47.4 Å². The van der Waals surface area contributed by atoms with Crippen molar-refractivity contribution < 1.29 is 4.74 Å². The Balaban J connectivity index is 2.66. The van der Waals surface area contributed by atoms with E-state index in [2.05, 4.69) is 36.7 Å². The van der Waals surface area contributed by atoms with E-state index in [-0.39, 0.29) is 0 Å². The van der Waals surface area contributed by atoms with Crippen molar-refractivity contribution in [3.8, 4) is 16.9 Å². The zero-order valence-electron chi connectivity index (χ0n) is 10.4. The Morgan fingerprint density at radius 1 is 1.24 bits per heavy atom. The molecular weight excluding hydrogens is 230 g/mol. The van der Waals surface area contributed by atoms with Gasteiger partial charge in [0.1, 0.15) is 5.75 Å². The van der Waals surface area contributed by atoms with Gasteiger partial charge in [-0.2, -0.15) is 11.3 Å². The average molecular weight is 247 g/mol. The molecule has 1 aromatic carbocycles. The first-order valence-electron chi connectivity index (χ1n) is 5.58. The van der Waals surface area contributed by atoms with Crippen LogP contribution in [0.25, 0.3) is 11.1 Å². The molecule has 2 nitrogen and oxygen atoms in total. The number of hydrogen-bond acceptors (Lipinski definition) is 3. The number of methoxy groups -OCH3 is 1. The van der Waals surface area contributed by atoms with Gasteiger partial charge in [-0.25, -0.2) is 0 Å². The van der Waals surface area contributed by atoms with E-state index in [0.29, 0.717) is 6.54 Å². The maximum absolute atomic E-state index is 5.77. The lowest BCUT2D eigenvalue weighted by Crippen LogP contribution is -1.98. The smallest absolute Gasteiger partial charge is 0.127 e. The molecule has 0 fully saturated rings. The SMILES string of the molecule is COc1cc(C)cc(C)c1-c1cscc1CN. The van der Waals surface area contributed by atoms with Gasteiger partial charge >= 0.3 is 0 Å². The van der Waals surface area contributed by atoms with Crippen LogP contribution < -0.4 is 10.5 Å². The average Bonchev–Trinajstić information content (AvgIpc) is 2.75. The summed E-state index contributed by atoms with van der Waals surface area (Å²) < 4.78 is 5.49. The van der Waals surface area contributed by atoms with E-state index in [1.54, 1.807) is 18.4 Å². The Morgan fingerprint density at radius 2 is 2.00 bits per heavy atom. The second kappa shape index (κ2) is 4.90. The molecule has 0 aliphatic carbocycles. The highest BCUT2D eigenvalue weighted by atomic mass is 32.1. The van der Waals surface area contributed by atoms with Crippen LogP contribution in [0.5, 0.6) is 5.75 Å². The number of nitrogens with two attached hydrogens (primary N) is 1. The summed E-state index contributed by atoms with van der Waals surface area (Å²) in [6, 6.07) is 4.25. The highest BCUT2D eigenvalue weighted by Crippen LogP contribution is 2.37. The molecule has 2 rings (SSSR count). The van der Waals surface area contributed by atoms with E-state index in [1.807, 2.05) is 0 Å². The van der Waals surface area contributed by atoms with Gasteiger partial charge in [0.25, 0.3) is 0 Å². The number of benzene rings is 1. The largest absolute Gasteiger partial charge is 0.496 e. The minimum Gasteiger partial charge on any atom is -0.496 e. The van der Waals surface area contributed by atoms with Gasteiger partial charge in [-0.15, -0.1) is 0 Å². The lowest BCUT2D eigenvalue weighted by atomic mass is 9.97. The zero-order chi connectivity index (χ0) is 12.4. The Morgan fingerprint density at radius 3 is 2.65 bits per heavy atom. The third-order valence-corrected chi connectivity index (χ3v) is 3.69. The first-order valence-corrected chi connectivity index (χ1v) is 6.52. The van der Waals surface area contributed by atoms with Crippen LogP contribution in [-0.4, -0.2) is 7.11 Å². The summed E-state index contributed by atoms with van der Waals surface area (Å²) in [6.07, 6.45) is 0. The molecule has 0 radical (unpaired) electrons. The van der Waals surface area contributed by atoms with E-state index >= 15 is 0 Å². The summed E-state index contributed by atoms with van der Waals surface area (Å²) in [6.45, 7) is 4.76. The van der Waals surface area contributed by atoms with Gasteiger partial charge in [0, 0.05) is 17.7 Å². The fraction of sp³-hybridized carbons (Fsp3) is 0.286. The van der Waals surface area contributed by atoms with E-state index in [0.717, 1.165) is 5.75 Å². The minimum absolute atomic E-state index is 0.565. The quantitative estimate of drug-likeness (QED) is 0.901. The molecule has 0 saturated heterocycles. The van der Waals surface area contributed by atoms with Gasteiger partial charge in [0.05, 0.1) is 7.11 Å². The molecule has 0 amide bonds. The second-order valence-corrected chi connectivity index (χ2v) is 4.92. The molecule has 0 spiro atoms. The van der Waals surface area contributed by atoms with Crippen LogP contribution in [0.2, 0.25) is 0 Å². The van der Waals surface area contributed by atoms with Crippen LogP contribution >= 0.6 is 11.3 Å². The van der Waals surface area contributed by atoms with E-state index < -0.39 is 0 Å². The molecule has 1 heterocycles. The molecule has 0 aliphatic heterocycles. The van der Waals surface area contributed by atoms with Crippen LogP contribution in [-0.2, 0) is 6.54 Å². The van der Waals surface area contributed by atoms with Gasteiger partial charge in [0.2, 0.25) is 0 Å². The van der Waals surface area contributed by atoms with Crippen LogP contribution in [0, 0.1) is 13.8 Å². The van der Waals surface area contributed by atoms with Crippen LogP contribution in [0.15, 0.2) is 22.9 Å². The van der Waals surface area contributed by atoms with Crippen molar-refractivity contribution in [1.29, 1.82) is 0 Å². The van der Waals surface area contributed by atoms with Crippen LogP contribution in [0.3, 0.4) is 0 Å². The molecule has 17 heavy (non-hydrogen) atoms. The van der Waals surface area contributed by atoms with Crippen LogP contribution in [0.1, 0.15) is 16.7 Å². The van der Waals surface area contributed by atoms with Crippen molar-refractivity contribution in [3.63, 3.8) is 0 Å². The fourth-order valence-electron chi connectivity index (χ4n) is 2.14. The van der Waals surface area contributed by atoms with E-state index in [1.165, 1.54) is 27.8 Å². The third-order valence-electron chi connectivity index (χ3n) is 2.89. The molecule has 0 saturated carbocycles. The topological polar surface area (TPSA) is 35.2 Å². The Hall–Kier alpha value is -1.32. The minimum atomic E-state index is 0.565. The Kier molecular flexibility index (Phi) is 3.50. The second-order valence-electron chi connectivity index (χ2n) is 4.17. The molecule has 2 N–H and O–H groups in total. The molecule has 0 aliphatic rings. The number of rotatable bonds is 3. The van der Waals surface area contributed by atoms with Crippen molar-refractivity contribution in [3.05, 3.63) is 39.6 Å². The molecule has 90 valence electrons. The normalized spacial score (nSPS) is 10.6. The number of thiophene rings is 1. The van der Waals surface area contributed by atoms with Crippen molar-refractivity contribution in [2.75, 3.05) is 7.11 Å². The Bertz CT molecular complexity index is 531. The standard InChI is InChI=1S/C14H17NOS/c1-9-4-10(2)14(13(5-9)16-3)12-8-17-7-11(12)6-15/h4-5,7-8H,6,15H2,1-3H3. The predicted molar refractivity (Wildman–Crippen MR) is 73.7 cm³/mol. The lowest BCUT2D eigenvalue weighted by Gasteiger charge is -2.13. The van der Waals surface area contributed by atoms with Gasteiger partial charge in [-0.1, -0.05) is 6.07 Å². The fourth-order valence-corrected chi connectivity index (χ4v) is 3.00. The molecule has 0 unspecified atom stereocenters. The summed E-state index contributed by atoms with van der Waals surface area (Å²) in [5.74, 6) is 0.926. The molecule has 0 atom stereocenters. The number of ether oxygens (including phenoxy) is 1. The number of aryl methyl sites for hydroxylation is 2. The van der Waals surface area contributed by atoms with Gasteiger partial charge in [-0.3, -0.25) is 0 Å². The van der Waals surface area contributed by atoms with E-state index in [4.69, 9.17) is 10.5 Å². The summed E-state index contributed by atoms with van der Waals surface area (Å²) in [4.78, 5) is 0. The monoisotopic (exact) mass is 247 g/mol. The maximum Gasteiger partial charge on any atom is 0.127 e. The maximum atomic E-state index is 5.77. The first kappa shape index (κ1) is 12.1. The van der Waals surface area contributed by atoms with Crippen molar-refractivity contribution in [2.45, 2.75) is 20.4 Å². The van der Waals surface area contributed by atoms with Crippen molar-refractivity contribution in [1.82, 2.24) is 0 Å². The Labute approximate surface area is 106 Å². The van der Waals surface area contributed by atoms with Gasteiger partial charge < -0.3 is 10.5 Å². The highest BCUT2D eigenvalue weighted by Gasteiger charge is 2.13. The molecule has 3 heteroatoms. The van der Waals surface area contributed by atoms with Crippen molar-refractivity contribution in [2.24, 2.45) is 5.73 Å². The number of hydrogen-bond donors (Lipinski definition) is 1. The van der Waals surface area contributed by atoms with Crippen molar-refractivity contribution >= 4 is 11.3 Å². The zero-order valence-corrected chi connectivity index (χ0v) is 11.2. The first-order chi connectivity index (χ1) is 8.17. The van der Waals surface area contributed by atoms with Gasteiger partial charge in [0.15, 0.2) is 0 Å². The highest BCUT2D eigenvalue weighted by molar-refractivity contribution is 7.08. The lowest BCUT2D eigenvalue weighted by molar-refractivity contribution is 0.416. The summed E-state index contributed by atoms with van der Waals surface area (Å²) in [5.41, 5.74) is 11.8. The summed E-state index contributed by atoms with van der Waals surface area (Å²) >= 11 is 1.68. The third kappa shape index (κ3) is 2.21. The molecule has 2 aromatic rings. The summed E-state index contributed by atoms with van der Waals surface area (Å²) in [5, 5.41) is 4.25. The molecular formula is C14H17NOS. The van der Waals surface area contributed by atoms with E-state index in [9.17, 15) is 0 Å².